The molecule has 12 nitrogen and oxygen atoms in total. The molecule has 0 spiro atoms. The van der Waals surface area contributed by atoms with E-state index in [2.05, 4.69) is 10.3 Å². The van der Waals surface area contributed by atoms with Crippen LogP contribution in [0.25, 0.3) is 0 Å². The van der Waals surface area contributed by atoms with E-state index in [4.69, 9.17) is 9.47 Å². The smallest absolute Gasteiger partial charge is 0.330 e. The molecule has 3 aliphatic rings. The fourth-order valence-electron chi connectivity index (χ4n) is 5.40. The topological polar surface area (TPSA) is 142 Å². The van der Waals surface area contributed by atoms with Gasteiger partial charge in [0.1, 0.15) is 17.2 Å². The van der Waals surface area contributed by atoms with Gasteiger partial charge in [-0.15, -0.1) is 0 Å². The minimum absolute atomic E-state index is 0.0672. The number of carbonyl (C=O) groups is 1. The SMILES string of the molecule is Cn1cc(S(=O)(=O)N2CCc3cc4ccc3C2c2cccc(c2)OCCCNC(=O)c2cncc(c2)O4)c(=O)n(C)c1=O. The first-order valence-corrected chi connectivity index (χ1v) is 15.1. The van der Waals surface area contributed by atoms with Gasteiger partial charge in [-0.05, 0) is 59.9 Å². The van der Waals surface area contributed by atoms with Crippen LogP contribution in [0.2, 0.25) is 0 Å². The highest BCUT2D eigenvalue weighted by atomic mass is 32.2. The summed E-state index contributed by atoms with van der Waals surface area (Å²) in [6, 6.07) is 13.3. The molecular weight excluding hydrogens is 574 g/mol. The number of rotatable bonds is 2. The zero-order valence-corrected chi connectivity index (χ0v) is 24.3. The summed E-state index contributed by atoms with van der Waals surface area (Å²) < 4.78 is 43.6. The zero-order valence-electron chi connectivity index (χ0n) is 23.5. The van der Waals surface area contributed by atoms with E-state index in [0.29, 0.717) is 59.9 Å². The summed E-state index contributed by atoms with van der Waals surface area (Å²) in [6.45, 7) is 0.751. The van der Waals surface area contributed by atoms with E-state index in [-0.39, 0.29) is 12.5 Å². The number of nitrogens with one attached hydrogen (secondary N) is 1. The molecule has 222 valence electrons. The third-order valence-electron chi connectivity index (χ3n) is 7.56. The Balaban J connectivity index is 1.49. The number of carbonyl (C=O) groups excluding carboxylic acids is 1. The van der Waals surface area contributed by atoms with Gasteiger partial charge in [-0.3, -0.25) is 19.1 Å². The molecule has 0 radical (unpaired) electrons. The van der Waals surface area contributed by atoms with E-state index in [1.165, 1.54) is 30.8 Å². The van der Waals surface area contributed by atoms with Crippen LogP contribution in [-0.2, 0) is 30.5 Å². The number of aromatic nitrogens is 3. The normalized spacial score (nSPS) is 17.3. The molecule has 0 aliphatic carbocycles. The van der Waals surface area contributed by atoms with Crippen LogP contribution in [0.1, 0.15) is 39.5 Å². The second-order valence-electron chi connectivity index (χ2n) is 10.4. The number of hydrogen-bond acceptors (Lipinski definition) is 8. The van der Waals surface area contributed by atoms with Gasteiger partial charge in [0.25, 0.3) is 21.5 Å². The van der Waals surface area contributed by atoms with Gasteiger partial charge in [0.05, 0.1) is 24.4 Å². The monoisotopic (exact) mass is 603 g/mol. The van der Waals surface area contributed by atoms with Gasteiger partial charge in [-0.25, -0.2) is 13.2 Å². The van der Waals surface area contributed by atoms with E-state index in [1.807, 2.05) is 12.1 Å². The Morgan fingerprint density at radius 1 is 0.977 bits per heavy atom. The highest BCUT2D eigenvalue weighted by Gasteiger charge is 2.39. The van der Waals surface area contributed by atoms with E-state index in [1.54, 1.807) is 36.4 Å². The molecule has 4 aromatic rings. The molecule has 8 bridgehead atoms. The first-order valence-electron chi connectivity index (χ1n) is 13.7. The predicted molar refractivity (Wildman–Crippen MR) is 156 cm³/mol. The van der Waals surface area contributed by atoms with Crippen molar-refractivity contribution < 1.29 is 22.7 Å². The fourth-order valence-corrected chi connectivity index (χ4v) is 7.15. The molecule has 5 heterocycles. The van der Waals surface area contributed by atoms with Gasteiger partial charge in [0.15, 0.2) is 4.90 Å². The standard InChI is InChI=1S/C30H29N5O7S/c1-33-18-26(29(37)34(2)30(33)38)43(39,40)35-11-9-19-13-23-7-8-25(19)27(35)20-5-3-6-22(14-20)41-12-4-10-32-28(36)21-15-24(42-23)17-31-16-21/h3,5-8,13-18,27H,4,9-12H2,1-2H3,(H,32,36). The lowest BCUT2D eigenvalue weighted by Gasteiger charge is -2.37. The molecule has 1 unspecified atom stereocenters. The third kappa shape index (κ3) is 5.32. The molecule has 43 heavy (non-hydrogen) atoms. The van der Waals surface area contributed by atoms with Crippen LogP contribution in [0.15, 0.2) is 81.6 Å². The summed E-state index contributed by atoms with van der Waals surface area (Å²) in [4.78, 5) is 41.7. The van der Waals surface area contributed by atoms with Crippen molar-refractivity contribution in [1.29, 1.82) is 0 Å². The minimum Gasteiger partial charge on any atom is -0.494 e. The number of ether oxygens (including phenoxy) is 2. The fraction of sp³-hybridized carbons (Fsp3) is 0.267. The van der Waals surface area contributed by atoms with Gasteiger partial charge in [0, 0.05) is 39.6 Å². The minimum atomic E-state index is -4.37. The Labute approximate surface area is 247 Å². The maximum atomic E-state index is 14.2. The maximum Gasteiger partial charge on any atom is 0.330 e. The number of fused-ring (bicyclic) bond motifs is 6. The number of hydrogen-bond donors (Lipinski definition) is 1. The Bertz CT molecular complexity index is 1970. The highest BCUT2D eigenvalue weighted by Crippen LogP contribution is 2.41. The second-order valence-corrected chi connectivity index (χ2v) is 12.3. The first kappa shape index (κ1) is 28.4. The van der Waals surface area contributed by atoms with Crippen molar-refractivity contribution >= 4 is 15.9 Å². The lowest BCUT2D eigenvalue weighted by atomic mass is 9.89. The van der Waals surface area contributed by atoms with Gasteiger partial charge in [0.2, 0.25) is 0 Å². The summed E-state index contributed by atoms with van der Waals surface area (Å²) in [5.41, 5.74) is 1.06. The number of aryl methyl sites for hydroxylation is 1. The van der Waals surface area contributed by atoms with Gasteiger partial charge < -0.3 is 19.4 Å². The van der Waals surface area contributed by atoms with Crippen LogP contribution in [0.4, 0.5) is 0 Å². The van der Waals surface area contributed by atoms with E-state index >= 15 is 0 Å². The van der Waals surface area contributed by atoms with Crippen molar-refractivity contribution in [3.05, 3.63) is 110 Å². The van der Waals surface area contributed by atoms with Gasteiger partial charge in [-0.2, -0.15) is 4.31 Å². The second kappa shape index (κ2) is 11.2. The van der Waals surface area contributed by atoms with Crippen molar-refractivity contribution in [1.82, 2.24) is 23.7 Å². The molecule has 3 aliphatic heterocycles. The third-order valence-corrected chi connectivity index (χ3v) is 9.41. The molecule has 0 fully saturated rings. The number of pyridine rings is 1. The molecule has 0 saturated carbocycles. The summed E-state index contributed by atoms with van der Waals surface area (Å²) in [6.07, 6.45) is 4.93. The Kier molecular flexibility index (Phi) is 7.36. The van der Waals surface area contributed by atoms with Crippen molar-refractivity contribution in [2.45, 2.75) is 23.8 Å². The van der Waals surface area contributed by atoms with Crippen LogP contribution in [0.3, 0.4) is 0 Å². The van der Waals surface area contributed by atoms with Crippen molar-refractivity contribution in [3.63, 3.8) is 0 Å². The highest BCUT2D eigenvalue weighted by molar-refractivity contribution is 7.89. The molecule has 2 aromatic heterocycles. The molecule has 7 rings (SSSR count). The summed E-state index contributed by atoms with van der Waals surface area (Å²) in [5, 5.41) is 2.85. The Morgan fingerprint density at radius 3 is 2.65 bits per heavy atom. The summed E-state index contributed by atoms with van der Waals surface area (Å²) in [5.74, 6) is 1.14. The lowest BCUT2D eigenvalue weighted by Crippen LogP contribution is -2.45. The average Bonchev–Trinajstić information content (AvgIpc) is 3.00. The van der Waals surface area contributed by atoms with Crippen molar-refractivity contribution in [2.75, 3.05) is 19.7 Å². The van der Waals surface area contributed by atoms with Crippen LogP contribution < -0.4 is 26.0 Å². The molecule has 1 amide bonds. The first-order chi connectivity index (χ1) is 20.6. The van der Waals surface area contributed by atoms with Crippen molar-refractivity contribution in [3.8, 4) is 17.2 Å². The summed E-state index contributed by atoms with van der Waals surface area (Å²) in [7, 11) is -1.71. The quantitative estimate of drug-likeness (QED) is 0.367. The average molecular weight is 604 g/mol. The number of amides is 1. The number of benzene rings is 2. The Morgan fingerprint density at radius 2 is 1.81 bits per heavy atom. The van der Waals surface area contributed by atoms with Crippen LogP contribution in [0, 0.1) is 0 Å². The molecular formula is C30H29N5O7S. The number of sulfonamides is 1. The van der Waals surface area contributed by atoms with E-state index in [9.17, 15) is 22.8 Å². The molecule has 1 N–H and O–H groups in total. The Hall–Kier alpha value is -4.75. The molecule has 1 atom stereocenters. The molecule has 0 saturated heterocycles. The van der Waals surface area contributed by atoms with Crippen molar-refractivity contribution in [2.24, 2.45) is 14.1 Å². The lowest BCUT2D eigenvalue weighted by molar-refractivity contribution is 0.0951. The van der Waals surface area contributed by atoms with Gasteiger partial charge in [-0.1, -0.05) is 18.2 Å². The largest absolute Gasteiger partial charge is 0.494 e. The summed E-state index contributed by atoms with van der Waals surface area (Å²) >= 11 is 0. The predicted octanol–water partition coefficient (Wildman–Crippen LogP) is 2.12. The molecule has 2 aromatic carbocycles. The number of nitrogens with zero attached hydrogens (tertiary/aromatic N) is 4. The van der Waals surface area contributed by atoms with Crippen LogP contribution in [0.5, 0.6) is 17.2 Å². The van der Waals surface area contributed by atoms with Gasteiger partial charge >= 0.3 is 5.69 Å². The van der Waals surface area contributed by atoms with Crippen LogP contribution in [-0.4, -0.2) is 52.4 Å². The van der Waals surface area contributed by atoms with Crippen LogP contribution >= 0.6 is 0 Å². The zero-order chi connectivity index (χ0) is 30.3. The molecule has 13 heteroatoms. The van der Waals surface area contributed by atoms with E-state index in [0.717, 1.165) is 20.9 Å². The maximum absolute atomic E-state index is 14.2. The van der Waals surface area contributed by atoms with E-state index < -0.39 is 32.2 Å².